The monoisotopic (exact) mass is 380 g/mol. The van der Waals surface area contributed by atoms with Crippen molar-refractivity contribution in [1.82, 2.24) is 4.98 Å². The molecule has 0 bridgehead atoms. The quantitative estimate of drug-likeness (QED) is 0.647. The summed E-state index contributed by atoms with van der Waals surface area (Å²) in [5, 5.41) is 9.46. The first-order chi connectivity index (χ1) is 12.3. The van der Waals surface area contributed by atoms with Gasteiger partial charge in [0.1, 0.15) is 16.8 Å². The molecule has 138 valence electrons. The van der Waals surface area contributed by atoms with E-state index in [0.717, 1.165) is 11.3 Å². The first-order valence-corrected chi connectivity index (χ1v) is 9.06. The van der Waals surface area contributed by atoms with Gasteiger partial charge in [0.25, 0.3) is 0 Å². The summed E-state index contributed by atoms with van der Waals surface area (Å²) in [6, 6.07) is 9.19. The lowest BCUT2D eigenvalue weighted by Gasteiger charge is -2.17. The van der Waals surface area contributed by atoms with Gasteiger partial charge < -0.3 is 4.74 Å². The molecule has 0 N–H and O–H groups in total. The van der Waals surface area contributed by atoms with Crippen LogP contribution in [-0.4, -0.2) is 17.8 Å². The minimum atomic E-state index is -4.58. The van der Waals surface area contributed by atoms with Crippen molar-refractivity contribution in [3.8, 4) is 11.8 Å². The van der Waals surface area contributed by atoms with Crippen LogP contribution in [0, 0.1) is 18.3 Å². The highest BCUT2D eigenvalue weighted by Gasteiger charge is 2.38. The van der Waals surface area contributed by atoms with Crippen LogP contribution in [0.1, 0.15) is 34.9 Å². The van der Waals surface area contributed by atoms with E-state index in [1.54, 1.807) is 20.1 Å². The number of benzene rings is 1. The van der Waals surface area contributed by atoms with Crippen LogP contribution in [0.4, 0.5) is 13.2 Å². The predicted molar refractivity (Wildman–Crippen MR) is 95.5 cm³/mol. The average Bonchev–Trinajstić information content (AvgIpc) is 2.61. The summed E-state index contributed by atoms with van der Waals surface area (Å²) in [6.07, 6.45) is -3.54. The van der Waals surface area contributed by atoms with Gasteiger partial charge in [-0.15, -0.1) is 11.8 Å². The van der Waals surface area contributed by atoms with E-state index in [1.165, 1.54) is 18.7 Å². The van der Waals surface area contributed by atoms with Gasteiger partial charge in [-0.2, -0.15) is 18.4 Å². The molecule has 3 nitrogen and oxygen atoms in total. The Balaban J connectivity index is 2.26. The molecule has 0 aliphatic carbocycles. The van der Waals surface area contributed by atoms with Crippen LogP contribution in [0.15, 0.2) is 29.3 Å². The maximum absolute atomic E-state index is 13.5. The van der Waals surface area contributed by atoms with Gasteiger partial charge in [-0.25, -0.2) is 4.98 Å². The van der Waals surface area contributed by atoms with E-state index in [4.69, 9.17) is 4.74 Å². The smallest absolute Gasteiger partial charge is 0.418 e. The van der Waals surface area contributed by atoms with E-state index in [-0.39, 0.29) is 16.2 Å². The molecule has 0 radical (unpaired) electrons. The Morgan fingerprint density at radius 1 is 1.23 bits per heavy atom. The molecule has 0 saturated carbocycles. The number of aromatic nitrogens is 1. The Morgan fingerprint density at radius 2 is 1.88 bits per heavy atom. The second kappa shape index (κ2) is 8.45. The molecule has 0 spiro atoms. The molecule has 0 unspecified atom stereocenters. The number of rotatable bonds is 6. The zero-order valence-corrected chi connectivity index (χ0v) is 15.6. The third kappa shape index (κ3) is 4.50. The number of hydrogen-bond donors (Lipinski definition) is 0. The molecular formula is C19H19F3N2OS. The van der Waals surface area contributed by atoms with Crippen molar-refractivity contribution in [2.45, 2.75) is 37.9 Å². The summed E-state index contributed by atoms with van der Waals surface area (Å²) in [7, 11) is 1.58. The second-order valence-corrected chi connectivity index (χ2v) is 6.73. The van der Waals surface area contributed by atoms with Gasteiger partial charge in [0.15, 0.2) is 0 Å². The van der Waals surface area contributed by atoms with Gasteiger partial charge in [-0.05, 0) is 43.0 Å². The summed E-state index contributed by atoms with van der Waals surface area (Å²) in [5.41, 5.74) is 0.209. The zero-order valence-electron chi connectivity index (χ0n) is 14.8. The summed E-state index contributed by atoms with van der Waals surface area (Å²) >= 11 is 1.18. The highest BCUT2D eigenvalue weighted by Crippen LogP contribution is 2.38. The molecule has 0 fully saturated rings. The van der Waals surface area contributed by atoms with E-state index in [0.29, 0.717) is 24.3 Å². The molecule has 0 amide bonds. The molecule has 2 aromatic rings. The highest BCUT2D eigenvalue weighted by molar-refractivity contribution is 7.99. The number of thioether (sulfide) groups is 1. The molecule has 0 aliphatic rings. The fourth-order valence-electron chi connectivity index (χ4n) is 2.67. The normalized spacial score (nSPS) is 11.3. The number of methoxy groups -OCH3 is 1. The van der Waals surface area contributed by atoms with Crippen LogP contribution in [-0.2, 0) is 19.0 Å². The minimum absolute atomic E-state index is 0.0380. The topological polar surface area (TPSA) is 45.9 Å². The van der Waals surface area contributed by atoms with E-state index >= 15 is 0 Å². The van der Waals surface area contributed by atoms with Crippen molar-refractivity contribution in [3.63, 3.8) is 0 Å². The fraction of sp³-hybridized carbons (Fsp3) is 0.368. The van der Waals surface area contributed by atoms with Gasteiger partial charge in [0.2, 0.25) is 0 Å². The van der Waals surface area contributed by atoms with Gasteiger partial charge in [-0.1, -0.05) is 19.1 Å². The predicted octanol–water partition coefficient (Wildman–Crippen LogP) is 5.19. The Labute approximate surface area is 155 Å². The number of ether oxygens (including phenoxy) is 1. The Hall–Kier alpha value is -2.20. The van der Waals surface area contributed by atoms with Crippen molar-refractivity contribution >= 4 is 11.8 Å². The van der Waals surface area contributed by atoms with Crippen LogP contribution in [0.3, 0.4) is 0 Å². The summed E-state index contributed by atoms with van der Waals surface area (Å²) in [4.78, 5) is 4.31. The number of halogens is 3. The van der Waals surface area contributed by atoms with Crippen molar-refractivity contribution in [1.29, 1.82) is 5.26 Å². The van der Waals surface area contributed by atoms with E-state index in [2.05, 4.69) is 4.98 Å². The van der Waals surface area contributed by atoms with Crippen LogP contribution in [0.25, 0.3) is 0 Å². The largest absolute Gasteiger partial charge is 0.497 e. The van der Waals surface area contributed by atoms with Gasteiger partial charge >= 0.3 is 6.18 Å². The van der Waals surface area contributed by atoms with Gasteiger partial charge in [0.05, 0.1) is 18.2 Å². The lowest BCUT2D eigenvalue weighted by atomic mass is 10.0. The van der Waals surface area contributed by atoms with Crippen LogP contribution >= 0.6 is 11.8 Å². The lowest BCUT2D eigenvalue weighted by Crippen LogP contribution is -2.15. The third-order valence-corrected chi connectivity index (χ3v) is 5.00. The lowest BCUT2D eigenvalue weighted by molar-refractivity contribution is -0.138. The maximum Gasteiger partial charge on any atom is 0.418 e. The molecule has 0 atom stereocenters. The molecule has 1 heterocycles. The van der Waals surface area contributed by atoms with Crippen LogP contribution in [0.2, 0.25) is 0 Å². The van der Waals surface area contributed by atoms with Crippen molar-refractivity contribution in [3.05, 3.63) is 52.2 Å². The summed E-state index contributed by atoms with van der Waals surface area (Å²) in [6.45, 7) is 3.13. The maximum atomic E-state index is 13.5. The molecule has 26 heavy (non-hydrogen) atoms. The van der Waals surface area contributed by atoms with Crippen LogP contribution < -0.4 is 4.74 Å². The summed E-state index contributed by atoms with van der Waals surface area (Å²) in [5.74, 6) is 1.27. The van der Waals surface area contributed by atoms with Crippen molar-refractivity contribution < 1.29 is 17.9 Å². The van der Waals surface area contributed by atoms with E-state index < -0.39 is 11.7 Å². The Morgan fingerprint density at radius 3 is 2.38 bits per heavy atom. The van der Waals surface area contributed by atoms with E-state index in [9.17, 15) is 18.4 Å². The standard InChI is InChI=1S/C19H19F3N2OS/c1-4-16-12(2)17(19(20,21)22)15(11-23)18(24-16)26-10-9-13-5-7-14(25-3)8-6-13/h5-8H,4,9-10H2,1-3H3. The molecule has 7 heteroatoms. The first-order valence-electron chi connectivity index (χ1n) is 8.08. The molecule has 1 aromatic heterocycles. The average molecular weight is 380 g/mol. The van der Waals surface area contributed by atoms with Gasteiger partial charge in [0, 0.05) is 11.4 Å². The molecule has 2 rings (SSSR count). The highest BCUT2D eigenvalue weighted by atomic mass is 32.2. The minimum Gasteiger partial charge on any atom is -0.497 e. The second-order valence-electron chi connectivity index (χ2n) is 5.65. The SMILES string of the molecule is CCc1nc(SCCc2ccc(OC)cc2)c(C#N)c(C(F)(F)F)c1C. The van der Waals surface area contributed by atoms with Crippen molar-refractivity contribution in [2.24, 2.45) is 0 Å². The number of pyridine rings is 1. The molecule has 0 saturated heterocycles. The number of alkyl halides is 3. The first kappa shape index (κ1) is 20.1. The Bertz CT molecular complexity index is 812. The van der Waals surface area contributed by atoms with E-state index in [1.807, 2.05) is 24.3 Å². The van der Waals surface area contributed by atoms with Crippen LogP contribution in [0.5, 0.6) is 5.75 Å². The number of aryl methyl sites for hydroxylation is 2. The number of hydrogen-bond acceptors (Lipinski definition) is 4. The van der Waals surface area contributed by atoms with Crippen molar-refractivity contribution in [2.75, 3.05) is 12.9 Å². The molecule has 0 aliphatic heterocycles. The number of nitriles is 1. The van der Waals surface area contributed by atoms with Gasteiger partial charge in [-0.3, -0.25) is 0 Å². The zero-order chi connectivity index (χ0) is 19.3. The summed E-state index contributed by atoms with van der Waals surface area (Å²) < 4.78 is 45.5. The molecule has 1 aromatic carbocycles. The fourth-order valence-corrected chi connectivity index (χ4v) is 3.66. The Kier molecular flexibility index (Phi) is 6.54. The third-order valence-electron chi connectivity index (χ3n) is 4.03. The molecular weight excluding hydrogens is 361 g/mol. The number of nitrogens with zero attached hydrogens (tertiary/aromatic N) is 2.